The van der Waals surface area contributed by atoms with Gasteiger partial charge in [-0.3, -0.25) is 4.79 Å². The summed E-state index contributed by atoms with van der Waals surface area (Å²) in [6, 6.07) is 7.76. The van der Waals surface area contributed by atoms with Crippen LogP contribution in [0.1, 0.15) is 62.7 Å². The second kappa shape index (κ2) is 12.9. The van der Waals surface area contributed by atoms with Gasteiger partial charge in [0.2, 0.25) is 0 Å². The van der Waals surface area contributed by atoms with E-state index in [4.69, 9.17) is 19.4 Å². The summed E-state index contributed by atoms with van der Waals surface area (Å²) in [6.07, 6.45) is 8.36. The summed E-state index contributed by atoms with van der Waals surface area (Å²) in [4.78, 5) is 27.5. The third-order valence-electron chi connectivity index (χ3n) is 7.05. The predicted octanol–water partition coefficient (Wildman–Crippen LogP) is 5.25. The molecule has 0 atom stereocenters. The van der Waals surface area contributed by atoms with E-state index < -0.39 is 0 Å². The lowest BCUT2D eigenvalue weighted by Crippen LogP contribution is -2.32. The summed E-state index contributed by atoms with van der Waals surface area (Å²) < 4.78 is 13.2. The van der Waals surface area contributed by atoms with E-state index in [1.807, 2.05) is 29.2 Å². The number of pyridine rings is 1. The molecule has 3 heterocycles. The molecule has 1 amide bonds. The summed E-state index contributed by atoms with van der Waals surface area (Å²) in [7, 11) is 3.27. The molecule has 0 bridgehead atoms. The number of likely N-dealkylation sites (tertiary alicyclic amines) is 1. The van der Waals surface area contributed by atoms with E-state index in [1.165, 1.54) is 25.9 Å². The fraction of sp³-hybridized carbons (Fsp3) is 0.552. The van der Waals surface area contributed by atoms with Gasteiger partial charge in [0, 0.05) is 31.4 Å². The molecule has 1 aliphatic heterocycles. The molecule has 37 heavy (non-hydrogen) atoms. The van der Waals surface area contributed by atoms with Crippen LogP contribution in [-0.2, 0) is 6.54 Å². The van der Waals surface area contributed by atoms with Crippen LogP contribution in [0.5, 0.6) is 11.5 Å². The molecule has 2 aromatic heterocycles. The van der Waals surface area contributed by atoms with Gasteiger partial charge in [0.05, 0.1) is 19.8 Å². The maximum absolute atomic E-state index is 13.2. The van der Waals surface area contributed by atoms with Crippen molar-refractivity contribution in [3.63, 3.8) is 0 Å². The average molecular weight is 508 g/mol. The van der Waals surface area contributed by atoms with Crippen molar-refractivity contribution in [2.45, 2.75) is 58.9 Å². The second-order valence-corrected chi connectivity index (χ2v) is 9.77. The minimum atomic E-state index is 0.0194. The SMILES string of the molecule is CCCN(CCC)C(=O)c1cnc2c(c1)nc(-c1ccc(OC)c(OC)c1)n2CCCCN1CCCC1. The van der Waals surface area contributed by atoms with Gasteiger partial charge in [0.15, 0.2) is 17.1 Å². The first-order valence-corrected chi connectivity index (χ1v) is 13.7. The molecule has 0 unspecified atom stereocenters. The van der Waals surface area contributed by atoms with Crippen LogP contribution in [0.25, 0.3) is 22.6 Å². The fourth-order valence-corrected chi connectivity index (χ4v) is 5.18. The van der Waals surface area contributed by atoms with Crippen molar-refractivity contribution in [3.8, 4) is 22.9 Å². The number of hydrogen-bond acceptors (Lipinski definition) is 6. The third-order valence-corrected chi connectivity index (χ3v) is 7.05. The van der Waals surface area contributed by atoms with Crippen LogP contribution in [0.2, 0.25) is 0 Å². The number of aryl methyl sites for hydroxylation is 1. The van der Waals surface area contributed by atoms with Crippen molar-refractivity contribution in [2.75, 3.05) is 46.9 Å². The van der Waals surface area contributed by atoms with Crippen molar-refractivity contribution >= 4 is 17.1 Å². The number of ether oxygens (including phenoxy) is 2. The van der Waals surface area contributed by atoms with E-state index in [0.29, 0.717) is 17.1 Å². The molecule has 4 rings (SSSR count). The molecular formula is C29H41N5O3. The molecule has 1 aliphatic rings. The number of benzene rings is 1. The number of imidazole rings is 1. The number of rotatable bonds is 13. The van der Waals surface area contributed by atoms with Gasteiger partial charge >= 0.3 is 0 Å². The molecule has 1 saturated heterocycles. The van der Waals surface area contributed by atoms with Crippen LogP contribution in [0.4, 0.5) is 0 Å². The Kier molecular flexibility index (Phi) is 9.39. The molecule has 1 fully saturated rings. The third kappa shape index (κ3) is 6.24. The molecule has 0 saturated carbocycles. The molecule has 200 valence electrons. The first-order chi connectivity index (χ1) is 18.1. The highest BCUT2D eigenvalue weighted by Crippen LogP contribution is 2.33. The van der Waals surface area contributed by atoms with Crippen LogP contribution >= 0.6 is 0 Å². The van der Waals surface area contributed by atoms with E-state index in [0.717, 1.165) is 74.4 Å². The molecule has 0 aliphatic carbocycles. The Morgan fingerprint density at radius 3 is 2.35 bits per heavy atom. The van der Waals surface area contributed by atoms with Crippen LogP contribution in [-0.4, -0.2) is 77.2 Å². The second-order valence-electron chi connectivity index (χ2n) is 9.77. The lowest BCUT2D eigenvalue weighted by molar-refractivity contribution is 0.0755. The number of amides is 1. The number of carbonyl (C=O) groups excluding carboxylic acids is 1. The highest BCUT2D eigenvalue weighted by Gasteiger charge is 2.20. The first-order valence-electron chi connectivity index (χ1n) is 13.7. The van der Waals surface area contributed by atoms with Gasteiger partial charge in [-0.2, -0.15) is 0 Å². The van der Waals surface area contributed by atoms with Crippen molar-refractivity contribution in [3.05, 3.63) is 36.0 Å². The zero-order valence-electron chi connectivity index (χ0n) is 22.8. The lowest BCUT2D eigenvalue weighted by Gasteiger charge is -2.21. The first kappa shape index (κ1) is 26.9. The zero-order chi connectivity index (χ0) is 26.2. The van der Waals surface area contributed by atoms with Crippen LogP contribution in [0.15, 0.2) is 30.5 Å². The van der Waals surface area contributed by atoms with E-state index in [1.54, 1.807) is 20.4 Å². The minimum Gasteiger partial charge on any atom is -0.493 e. The van der Waals surface area contributed by atoms with Crippen molar-refractivity contribution < 1.29 is 14.3 Å². The molecule has 8 nitrogen and oxygen atoms in total. The molecule has 0 radical (unpaired) electrons. The number of methoxy groups -OCH3 is 2. The molecule has 3 aromatic rings. The van der Waals surface area contributed by atoms with Crippen molar-refractivity contribution in [1.82, 2.24) is 24.3 Å². The Morgan fingerprint density at radius 2 is 1.68 bits per heavy atom. The van der Waals surface area contributed by atoms with Crippen molar-refractivity contribution in [1.29, 1.82) is 0 Å². The van der Waals surface area contributed by atoms with E-state index in [-0.39, 0.29) is 5.91 Å². The van der Waals surface area contributed by atoms with Gasteiger partial charge < -0.3 is 23.8 Å². The highest BCUT2D eigenvalue weighted by molar-refractivity contribution is 5.96. The normalized spacial score (nSPS) is 13.8. The van der Waals surface area contributed by atoms with E-state index >= 15 is 0 Å². The van der Waals surface area contributed by atoms with Gasteiger partial charge in [-0.1, -0.05) is 13.8 Å². The smallest absolute Gasteiger partial charge is 0.255 e. The maximum Gasteiger partial charge on any atom is 0.255 e. The molecule has 0 N–H and O–H groups in total. The summed E-state index contributed by atoms with van der Waals surface area (Å²) >= 11 is 0. The van der Waals surface area contributed by atoms with Crippen molar-refractivity contribution in [2.24, 2.45) is 0 Å². The van der Waals surface area contributed by atoms with Gasteiger partial charge in [-0.15, -0.1) is 0 Å². The van der Waals surface area contributed by atoms with Gasteiger partial charge in [-0.05, 0) is 82.4 Å². The topological polar surface area (TPSA) is 72.7 Å². The number of nitrogens with zero attached hydrogens (tertiary/aromatic N) is 5. The Labute approximate surface area is 220 Å². The zero-order valence-corrected chi connectivity index (χ0v) is 22.8. The number of aromatic nitrogens is 3. The number of fused-ring (bicyclic) bond motifs is 1. The van der Waals surface area contributed by atoms with Gasteiger partial charge in [0.1, 0.15) is 11.3 Å². The van der Waals surface area contributed by atoms with Crippen LogP contribution in [0, 0.1) is 0 Å². The van der Waals surface area contributed by atoms with Crippen LogP contribution in [0.3, 0.4) is 0 Å². The largest absolute Gasteiger partial charge is 0.493 e. The van der Waals surface area contributed by atoms with Gasteiger partial charge in [-0.25, -0.2) is 9.97 Å². The molecule has 8 heteroatoms. The fourth-order valence-electron chi connectivity index (χ4n) is 5.18. The monoisotopic (exact) mass is 507 g/mol. The quantitative estimate of drug-likeness (QED) is 0.294. The minimum absolute atomic E-state index is 0.0194. The number of hydrogen-bond donors (Lipinski definition) is 0. The predicted molar refractivity (Wildman–Crippen MR) is 147 cm³/mol. The Hall–Kier alpha value is -3.13. The number of carbonyl (C=O) groups is 1. The molecule has 1 aromatic carbocycles. The molecular weight excluding hydrogens is 466 g/mol. The lowest BCUT2D eigenvalue weighted by atomic mass is 10.2. The Bertz CT molecular complexity index is 1180. The van der Waals surface area contributed by atoms with E-state index in [2.05, 4.69) is 23.3 Å². The Balaban J connectivity index is 1.67. The standard InChI is InChI=1S/C29H41N5O3/c1-5-13-33(14-6-2)29(35)23-19-24-28(30-21-23)34(18-10-9-17-32-15-7-8-16-32)27(31-24)22-11-12-25(36-3)26(20-22)37-4/h11-12,19-21H,5-10,13-18H2,1-4H3. The summed E-state index contributed by atoms with van der Waals surface area (Å²) in [6.45, 7) is 10.1. The van der Waals surface area contributed by atoms with Gasteiger partial charge in [0.25, 0.3) is 5.91 Å². The Morgan fingerprint density at radius 1 is 0.973 bits per heavy atom. The van der Waals surface area contributed by atoms with Crippen LogP contribution < -0.4 is 9.47 Å². The summed E-state index contributed by atoms with van der Waals surface area (Å²) in [5.74, 6) is 2.18. The molecule has 0 spiro atoms. The summed E-state index contributed by atoms with van der Waals surface area (Å²) in [5, 5.41) is 0. The number of unbranched alkanes of at least 4 members (excludes halogenated alkanes) is 1. The summed E-state index contributed by atoms with van der Waals surface area (Å²) in [5.41, 5.74) is 3.07. The average Bonchev–Trinajstić information content (AvgIpc) is 3.57. The van der Waals surface area contributed by atoms with E-state index in [9.17, 15) is 4.79 Å². The highest BCUT2D eigenvalue weighted by atomic mass is 16.5. The maximum atomic E-state index is 13.2.